The Morgan fingerprint density at radius 1 is 1.31 bits per heavy atom. The van der Waals surface area contributed by atoms with Crippen LogP contribution in [0.15, 0.2) is 36.7 Å². The van der Waals surface area contributed by atoms with Crippen LogP contribution in [0.1, 0.15) is 32.9 Å². The normalized spacial score (nSPS) is 17.9. The fourth-order valence-electron chi connectivity index (χ4n) is 3.78. The van der Waals surface area contributed by atoms with Gasteiger partial charge in [-0.25, -0.2) is 23.9 Å². The lowest BCUT2D eigenvalue weighted by Crippen LogP contribution is -2.38. The van der Waals surface area contributed by atoms with Gasteiger partial charge >= 0.3 is 12.0 Å². The Morgan fingerprint density at radius 3 is 2.81 bits per heavy atom. The van der Waals surface area contributed by atoms with Gasteiger partial charge in [-0.05, 0) is 54.2 Å². The van der Waals surface area contributed by atoms with Gasteiger partial charge in [-0.2, -0.15) is 4.37 Å². The van der Waals surface area contributed by atoms with E-state index in [1.54, 1.807) is 17.9 Å². The number of rotatable bonds is 4. The molecule has 3 heterocycles. The zero-order valence-corrected chi connectivity index (χ0v) is 18.8. The molecule has 0 unspecified atom stereocenters. The van der Waals surface area contributed by atoms with Gasteiger partial charge < -0.3 is 9.64 Å². The molecule has 4 rings (SSSR count). The van der Waals surface area contributed by atoms with Crippen LogP contribution in [0.4, 0.5) is 15.0 Å². The highest BCUT2D eigenvalue weighted by atomic mass is 35.5. The lowest BCUT2D eigenvalue weighted by molar-refractivity contribution is 0.0601. The van der Waals surface area contributed by atoms with Gasteiger partial charge in [0.15, 0.2) is 0 Å². The molecule has 2 amide bonds. The van der Waals surface area contributed by atoms with Crippen LogP contribution in [0.3, 0.4) is 0 Å². The molecule has 0 bridgehead atoms. The first-order valence-electron chi connectivity index (χ1n) is 9.68. The molecular weight excluding hydrogens is 457 g/mol. The second-order valence-electron chi connectivity index (χ2n) is 7.42. The minimum Gasteiger partial charge on any atom is -0.465 e. The van der Waals surface area contributed by atoms with Crippen LogP contribution in [0.2, 0.25) is 5.15 Å². The van der Waals surface area contributed by atoms with E-state index in [4.69, 9.17) is 16.3 Å². The van der Waals surface area contributed by atoms with Crippen molar-refractivity contribution in [3.8, 4) is 0 Å². The number of halogens is 2. The van der Waals surface area contributed by atoms with Gasteiger partial charge in [0.2, 0.25) is 0 Å². The quantitative estimate of drug-likeness (QED) is 0.451. The Kier molecular flexibility index (Phi) is 6.07. The summed E-state index contributed by atoms with van der Waals surface area (Å²) in [5.41, 5.74) is 0.653. The Balaban J connectivity index is 1.63. The molecule has 1 aliphatic rings. The number of esters is 1. The van der Waals surface area contributed by atoms with Crippen LogP contribution < -0.4 is 5.32 Å². The summed E-state index contributed by atoms with van der Waals surface area (Å²) in [5.74, 6) is -0.964. The Bertz CT molecular complexity index is 1180. The number of carbonyl (C=O) groups is 2. The fraction of sp³-hybridized carbons (Fsp3) is 0.286. The molecule has 32 heavy (non-hydrogen) atoms. The summed E-state index contributed by atoms with van der Waals surface area (Å²) in [7, 11) is 1.24. The minimum atomic E-state index is -0.694. The minimum absolute atomic E-state index is 0.00384. The number of pyridine rings is 1. The van der Waals surface area contributed by atoms with E-state index >= 15 is 0 Å². The van der Waals surface area contributed by atoms with E-state index in [-0.39, 0.29) is 28.9 Å². The van der Waals surface area contributed by atoms with E-state index in [0.29, 0.717) is 23.5 Å². The van der Waals surface area contributed by atoms with E-state index in [9.17, 15) is 14.0 Å². The van der Waals surface area contributed by atoms with Crippen LogP contribution in [0.5, 0.6) is 0 Å². The predicted molar refractivity (Wildman–Crippen MR) is 118 cm³/mol. The number of hydrogen-bond donors (Lipinski definition) is 1. The summed E-state index contributed by atoms with van der Waals surface area (Å²) in [6.45, 7) is 2.34. The number of carbonyl (C=O) groups excluding carboxylic acids is 2. The molecule has 3 aromatic rings. The number of nitrogens with one attached hydrogen (secondary N) is 1. The SMILES string of the molecule is COC(=O)c1ccc(Cl)nc1NC(=O)N1CC[C@](c2ccc(C)c(F)c2)(c2ncns2)C1. The number of urea groups is 1. The zero-order chi connectivity index (χ0) is 22.9. The van der Waals surface area contributed by atoms with E-state index < -0.39 is 17.4 Å². The van der Waals surface area contributed by atoms with Crippen LogP contribution in [0.25, 0.3) is 0 Å². The van der Waals surface area contributed by atoms with E-state index in [1.165, 1.54) is 43.2 Å². The number of benzene rings is 1. The molecule has 0 radical (unpaired) electrons. The van der Waals surface area contributed by atoms with Crippen molar-refractivity contribution in [2.45, 2.75) is 18.8 Å². The highest BCUT2D eigenvalue weighted by Gasteiger charge is 2.45. The van der Waals surface area contributed by atoms with Crippen molar-refractivity contribution in [2.75, 3.05) is 25.5 Å². The lowest BCUT2D eigenvalue weighted by atomic mass is 9.80. The smallest absolute Gasteiger partial charge is 0.341 e. The van der Waals surface area contributed by atoms with Gasteiger partial charge in [-0.1, -0.05) is 23.7 Å². The van der Waals surface area contributed by atoms with Crippen molar-refractivity contribution in [3.05, 3.63) is 69.3 Å². The van der Waals surface area contributed by atoms with Gasteiger partial charge in [0, 0.05) is 13.1 Å². The maximum absolute atomic E-state index is 14.4. The number of amides is 2. The van der Waals surface area contributed by atoms with Gasteiger partial charge in [0.1, 0.15) is 33.7 Å². The monoisotopic (exact) mass is 475 g/mol. The number of anilines is 1. The van der Waals surface area contributed by atoms with Crippen LogP contribution in [-0.2, 0) is 10.2 Å². The molecule has 2 aromatic heterocycles. The Hall–Kier alpha value is -3.11. The lowest BCUT2D eigenvalue weighted by Gasteiger charge is -2.28. The number of aromatic nitrogens is 3. The van der Waals surface area contributed by atoms with E-state index in [0.717, 1.165) is 5.56 Å². The average Bonchev–Trinajstić information content (AvgIpc) is 3.46. The van der Waals surface area contributed by atoms with Gasteiger partial charge in [0.25, 0.3) is 0 Å². The molecule has 11 heteroatoms. The van der Waals surface area contributed by atoms with Crippen LogP contribution in [-0.4, -0.2) is 51.4 Å². The summed E-state index contributed by atoms with van der Waals surface area (Å²) >= 11 is 7.17. The Morgan fingerprint density at radius 2 is 2.12 bits per heavy atom. The summed E-state index contributed by atoms with van der Waals surface area (Å²) in [5, 5.41) is 3.47. The van der Waals surface area contributed by atoms with Crippen molar-refractivity contribution in [1.82, 2.24) is 19.2 Å². The second kappa shape index (κ2) is 8.79. The highest BCUT2D eigenvalue weighted by Crippen LogP contribution is 2.42. The number of nitrogens with zero attached hydrogens (tertiary/aromatic N) is 4. The van der Waals surface area contributed by atoms with Crippen molar-refractivity contribution >= 4 is 41.0 Å². The average molecular weight is 476 g/mol. The molecule has 1 fully saturated rings. The zero-order valence-electron chi connectivity index (χ0n) is 17.3. The molecule has 1 aliphatic heterocycles. The molecule has 0 aliphatic carbocycles. The largest absolute Gasteiger partial charge is 0.465 e. The molecule has 0 saturated carbocycles. The molecule has 1 atom stereocenters. The molecule has 166 valence electrons. The number of methoxy groups -OCH3 is 1. The van der Waals surface area contributed by atoms with Crippen LogP contribution in [0, 0.1) is 12.7 Å². The van der Waals surface area contributed by atoms with Crippen molar-refractivity contribution in [2.24, 2.45) is 0 Å². The topological polar surface area (TPSA) is 97.3 Å². The van der Waals surface area contributed by atoms with Gasteiger partial charge in [-0.15, -0.1) is 0 Å². The standard InChI is InChI=1S/C21H19ClFN5O3S/c1-12-3-4-13(9-15(12)23)21(19-24-11-25-32-19)7-8-28(10-21)20(30)27-17-14(18(29)31-2)5-6-16(22)26-17/h3-6,9,11H,7-8,10H2,1-2H3,(H,26,27,30)/t21-/m0/s1. The molecule has 8 nitrogen and oxygen atoms in total. The van der Waals surface area contributed by atoms with E-state index in [1.807, 2.05) is 6.07 Å². The number of aryl methyl sites for hydroxylation is 1. The van der Waals surface area contributed by atoms with Gasteiger partial charge in [-0.3, -0.25) is 5.32 Å². The Labute approximate surface area is 192 Å². The third-order valence-corrected chi connectivity index (χ3v) is 6.62. The number of hydrogen-bond acceptors (Lipinski definition) is 7. The molecule has 1 aromatic carbocycles. The third kappa shape index (κ3) is 4.03. The first-order chi connectivity index (χ1) is 15.3. The number of ether oxygens (including phenoxy) is 1. The predicted octanol–water partition coefficient (Wildman–Crippen LogP) is 4.04. The fourth-order valence-corrected chi connectivity index (χ4v) is 4.67. The maximum Gasteiger partial charge on any atom is 0.341 e. The molecule has 1 saturated heterocycles. The van der Waals surface area contributed by atoms with Crippen molar-refractivity contribution in [1.29, 1.82) is 0 Å². The third-order valence-electron chi connectivity index (χ3n) is 5.54. The maximum atomic E-state index is 14.4. The first kappa shape index (κ1) is 22.1. The summed E-state index contributed by atoms with van der Waals surface area (Å²) in [6, 6.07) is 7.46. The summed E-state index contributed by atoms with van der Waals surface area (Å²) < 4.78 is 23.2. The summed E-state index contributed by atoms with van der Waals surface area (Å²) in [4.78, 5) is 35.1. The number of likely N-dealkylation sites (tertiary alicyclic amines) is 1. The van der Waals surface area contributed by atoms with Gasteiger partial charge in [0.05, 0.1) is 12.5 Å². The van der Waals surface area contributed by atoms with Crippen LogP contribution >= 0.6 is 23.1 Å². The molecule has 0 spiro atoms. The van der Waals surface area contributed by atoms with Crippen molar-refractivity contribution in [3.63, 3.8) is 0 Å². The second-order valence-corrected chi connectivity index (χ2v) is 8.58. The molecule has 1 N–H and O–H groups in total. The highest BCUT2D eigenvalue weighted by molar-refractivity contribution is 7.05. The van der Waals surface area contributed by atoms with Crippen molar-refractivity contribution < 1.29 is 18.7 Å². The summed E-state index contributed by atoms with van der Waals surface area (Å²) in [6.07, 6.45) is 1.98. The molecular formula is C21H19ClFN5O3S. The van der Waals surface area contributed by atoms with E-state index in [2.05, 4.69) is 19.7 Å². The first-order valence-corrected chi connectivity index (χ1v) is 10.8.